The Morgan fingerprint density at radius 1 is 1.32 bits per heavy atom. The first-order valence-electron chi connectivity index (χ1n) is 7.92. The molecule has 0 amide bonds. The summed E-state index contributed by atoms with van der Waals surface area (Å²) in [6.07, 6.45) is 4.16. The lowest BCUT2D eigenvalue weighted by Crippen LogP contribution is -2.27. The van der Waals surface area contributed by atoms with E-state index in [9.17, 15) is 13.2 Å². The van der Waals surface area contributed by atoms with E-state index in [1.807, 2.05) is 6.07 Å². The van der Waals surface area contributed by atoms with Crippen LogP contribution < -0.4 is 0 Å². The molecule has 1 aromatic heterocycles. The highest BCUT2D eigenvalue weighted by molar-refractivity contribution is 7.88. The Labute approximate surface area is 146 Å². The molecule has 0 radical (unpaired) electrons. The van der Waals surface area contributed by atoms with Crippen LogP contribution >= 0.6 is 0 Å². The summed E-state index contributed by atoms with van der Waals surface area (Å²) in [6.45, 7) is 1.05. The van der Waals surface area contributed by atoms with Crippen molar-refractivity contribution in [3.8, 4) is 11.3 Å². The quantitative estimate of drug-likeness (QED) is 0.869. The lowest BCUT2D eigenvalue weighted by molar-refractivity contribution is 0.0697. The van der Waals surface area contributed by atoms with Crippen LogP contribution in [0.25, 0.3) is 11.3 Å². The molecule has 1 fully saturated rings. The number of rotatable bonds is 5. The van der Waals surface area contributed by atoms with Crippen molar-refractivity contribution >= 4 is 16.0 Å². The van der Waals surface area contributed by atoms with Crippen molar-refractivity contribution in [3.05, 3.63) is 47.9 Å². The first-order chi connectivity index (χ1) is 11.8. The molecule has 0 bridgehead atoms. The number of sulfonamides is 1. The molecular weight excluding hydrogens is 342 g/mol. The van der Waals surface area contributed by atoms with Crippen molar-refractivity contribution in [1.29, 1.82) is 0 Å². The fraction of sp³-hybridized carbons (Fsp3) is 0.353. The van der Waals surface area contributed by atoms with E-state index in [1.165, 1.54) is 23.0 Å². The molecule has 7 nitrogen and oxygen atoms in total. The molecule has 2 heterocycles. The number of hydrogen-bond donors (Lipinski definition) is 1. The number of aromatic nitrogens is 2. The second kappa shape index (κ2) is 6.89. The SMILES string of the molecule is CS(=O)(=O)N1CC[C@@H](Cc2cc(-c3cccc(C(=O)O)c3)ncn2)C1. The molecule has 0 aliphatic carbocycles. The third kappa shape index (κ3) is 4.21. The lowest BCUT2D eigenvalue weighted by Gasteiger charge is -2.13. The highest BCUT2D eigenvalue weighted by Crippen LogP contribution is 2.24. The largest absolute Gasteiger partial charge is 0.478 e. The monoisotopic (exact) mass is 361 g/mol. The van der Waals surface area contributed by atoms with Crippen molar-refractivity contribution < 1.29 is 18.3 Å². The van der Waals surface area contributed by atoms with Gasteiger partial charge in [-0.15, -0.1) is 0 Å². The van der Waals surface area contributed by atoms with Crippen LogP contribution in [0.15, 0.2) is 36.7 Å². The van der Waals surface area contributed by atoms with Crippen LogP contribution in [0.2, 0.25) is 0 Å². The van der Waals surface area contributed by atoms with E-state index < -0.39 is 16.0 Å². The van der Waals surface area contributed by atoms with E-state index in [2.05, 4.69) is 9.97 Å². The minimum absolute atomic E-state index is 0.206. The van der Waals surface area contributed by atoms with Gasteiger partial charge in [0.15, 0.2) is 0 Å². The Balaban J connectivity index is 1.77. The molecule has 25 heavy (non-hydrogen) atoms. The van der Waals surface area contributed by atoms with Crippen LogP contribution in [0, 0.1) is 5.92 Å². The van der Waals surface area contributed by atoms with Crippen molar-refractivity contribution in [2.24, 2.45) is 5.92 Å². The lowest BCUT2D eigenvalue weighted by atomic mass is 10.0. The molecule has 1 N–H and O–H groups in total. The molecule has 0 saturated carbocycles. The topological polar surface area (TPSA) is 100 Å². The van der Waals surface area contributed by atoms with Gasteiger partial charge in [-0.1, -0.05) is 12.1 Å². The first kappa shape index (κ1) is 17.5. The smallest absolute Gasteiger partial charge is 0.335 e. The maximum absolute atomic E-state index is 11.6. The van der Waals surface area contributed by atoms with E-state index in [0.717, 1.165) is 12.1 Å². The molecule has 3 rings (SSSR count). The third-order valence-corrected chi connectivity index (χ3v) is 5.61. The zero-order valence-electron chi connectivity index (χ0n) is 13.8. The second-order valence-electron chi connectivity index (χ2n) is 6.26. The van der Waals surface area contributed by atoms with Crippen molar-refractivity contribution in [2.75, 3.05) is 19.3 Å². The Hall–Kier alpha value is -2.32. The molecule has 0 spiro atoms. The Morgan fingerprint density at radius 2 is 2.12 bits per heavy atom. The van der Waals surface area contributed by atoms with E-state index in [0.29, 0.717) is 30.8 Å². The predicted octanol–water partition coefficient (Wildman–Crippen LogP) is 1.67. The van der Waals surface area contributed by atoms with Crippen molar-refractivity contribution in [1.82, 2.24) is 14.3 Å². The molecule has 1 saturated heterocycles. The van der Waals surface area contributed by atoms with Gasteiger partial charge in [0.05, 0.1) is 17.5 Å². The molecule has 2 aromatic rings. The first-order valence-corrected chi connectivity index (χ1v) is 9.77. The Kier molecular flexibility index (Phi) is 4.82. The number of carboxylic acid groups (broad SMARTS) is 1. The van der Waals surface area contributed by atoms with Gasteiger partial charge in [-0.2, -0.15) is 0 Å². The fourth-order valence-corrected chi connectivity index (χ4v) is 3.96. The number of carbonyl (C=O) groups is 1. The summed E-state index contributed by atoms with van der Waals surface area (Å²) in [5.74, 6) is -0.759. The minimum atomic E-state index is -3.15. The van der Waals surface area contributed by atoms with Crippen LogP contribution in [0.1, 0.15) is 22.5 Å². The Bertz CT molecular complexity index is 898. The summed E-state index contributed by atoms with van der Waals surface area (Å²) in [4.78, 5) is 19.6. The number of nitrogens with zero attached hydrogens (tertiary/aromatic N) is 3. The third-order valence-electron chi connectivity index (χ3n) is 4.34. The second-order valence-corrected chi connectivity index (χ2v) is 8.24. The maximum Gasteiger partial charge on any atom is 0.335 e. The van der Waals surface area contributed by atoms with Crippen molar-refractivity contribution in [3.63, 3.8) is 0 Å². The zero-order valence-corrected chi connectivity index (χ0v) is 14.6. The van der Waals surface area contributed by atoms with Crippen LogP contribution in [-0.4, -0.2) is 53.1 Å². The van der Waals surface area contributed by atoms with Gasteiger partial charge in [0.2, 0.25) is 10.0 Å². The number of hydrogen-bond acceptors (Lipinski definition) is 5. The summed E-state index contributed by atoms with van der Waals surface area (Å²) in [6, 6.07) is 8.44. The van der Waals surface area contributed by atoms with Gasteiger partial charge in [-0.05, 0) is 37.0 Å². The van der Waals surface area contributed by atoms with Gasteiger partial charge in [0.25, 0.3) is 0 Å². The summed E-state index contributed by atoms with van der Waals surface area (Å²) in [5, 5.41) is 9.10. The van der Waals surface area contributed by atoms with E-state index in [4.69, 9.17) is 5.11 Å². The van der Waals surface area contributed by atoms with E-state index >= 15 is 0 Å². The molecule has 1 aromatic carbocycles. The van der Waals surface area contributed by atoms with Crippen LogP contribution in [0.4, 0.5) is 0 Å². The van der Waals surface area contributed by atoms with Crippen LogP contribution in [0.5, 0.6) is 0 Å². The number of benzene rings is 1. The fourth-order valence-electron chi connectivity index (χ4n) is 3.04. The average molecular weight is 361 g/mol. The van der Waals surface area contributed by atoms with Crippen molar-refractivity contribution in [2.45, 2.75) is 12.8 Å². The molecule has 8 heteroatoms. The zero-order chi connectivity index (χ0) is 18.0. The molecule has 132 valence electrons. The van der Waals surface area contributed by atoms with Gasteiger partial charge in [0, 0.05) is 24.3 Å². The number of aromatic carboxylic acids is 1. The van der Waals surface area contributed by atoms with Gasteiger partial charge in [-0.3, -0.25) is 0 Å². The van der Waals surface area contributed by atoms with Crippen LogP contribution in [0.3, 0.4) is 0 Å². The molecule has 1 aliphatic rings. The highest BCUT2D eigenvalue weighted by Gasteiger charge is 2.28. The van der Waals surface area contributed by atoms with Gasteiger partial charge in [-0.25, -0.2) is 27.5 Å². The highest BCUT2D eigenvalue weighted by atomic mass is 32.2. The molecule has 1 atom stereocenters. The summed E-state index contributed by atoms with van der Waals surface area (Å²) in [7, 11) is -3.15. The normalized spacial score (nSPS) is 18.4. The molecule has 0 unspecified atom stereocenters. The predicted molar refractivity (Wildman–Crippen MR) is 92.7 cm³/mol. The standard InChI is InChI=1S/C17H19N3O4S/c1-25(23,24)20-6-5-12(10-20)7-15-9-16(19-11-18-15)13-3-2-4-14(8-13)17(21)22/h2-4,8-9,11-12H,5-7,10H2,1H3,(H,21,22)/t12-/m0/s1. The van der Waals surface area contributed by atoms with Gasteiger partial charge >= 0.3 is 5.97 Å². The molecule has 1 aliphatic heterocycles. The van der Waals surface area contributed by atoms with Crippen LogP contribution in [-0.2, 0) is 16.4 Å². The number of carboxylic acids is 1. The summed E-state index contributed by atoms with van der Waals surface area (Å²) < 4.78 is 24.7. The molecular formula is C17H19N3O4S. The average Bonchev–Trinajstić information content (AvgIpc) is 3.04. The summed E-state index contributed by atoms with van der Waals surface area (Å²) in [5.41, 5.74) is 2.40. The van der Waals surface area contributed by atoms with Gasteiger partial charge in [0.1, 0.15) is 6.33 Å². The minimum Gasteiger partial charge on any atom is -0.478 e. The van der Waals surface area contributed by atoms with E-state index in [-0.39, 0.29) is 11.5 Å². The van der Waals surface area contributed by atoms with E-state index in [1.54, 1.807) is 18.2 Å². The summed E-state index contributed by atoms with van der Waals surface area (Å²) >= 11 is 0. The maximum atomic E-state index is 11.6. The van der Waals surface area contributed by atoms with Gasteiger partial charge < -0.3 is 5.11 Å². The Morgan fingerprint density at radius 3 is 2.80 bits per heavy atom.